The van der Waals surface area contributed by atoms with Gasteiger partial charge in [0.05, 0.1) is 0 Å². The SMILES string of the molecule is CC(=O)c1cccc(NC(=O)NC(C)(C)CCC(=O)O)c1. The van der Waals surface area contributed by atoms with Gasteiger partial charge in [0.15, 0.2) is 5.78 Å². The van der Waals surface area contributed by atoms with Gasteiger partial charge in [-0.3, -0.25) is 9.59 Å². The molecule has 1 aromatic rings. The van der Waals surface area contributed by atoms with Gasteiger partial charge in [0.25, 0.3) is 0 Å². The lowest BCUT2D eigenvalue weighted by Gasteiger charge is -2.25. The molecule has 0 heterocycles. The summed E-state index contributed by atoms with van der Waals surface area (Å²) in [6.45, 7) is 4.96. The van der Waals surface area contributed by atoms with Crippen LogP contribution >= 0.6 is 0 Å². The quantitative estimate of drug-likeness (QED) is 0.702. The van der Waals surface area contributed by atoms with Crippen LogP contribution in [0.1, 0.15) is 44.0 Å². The highest BCUT2D eigenvalue weighted by atomic mass is 16.4. The number of carbonyl (C=O) groups excluding carboxylic acids is 2. The van der Waals surface area contributed by atoms with E-state index in [1.807, 2.05) is 0 Å². The standard InChI is InChI=1S/C15H20N2O4/c1-10(18)11-5-4-6-12(9-11)16-14(21)17-15(2,3)8-7-13(19)20/h4-6,9H,7-8H2,1-3H3,(H,19,20)(H2,16,17,21). The number of carboxylic acids is 1. The van der Waals surface area contributed by atoms with Gasteiger partial charge in [-0.2, -0.15) is 0 Å². The van der Waals surface area contributed by atoms with Crippen molar-refractivity contribution in [2.24, 2.45) is 0 Å². The Labute approximate surface area is 123 Å². The zero-order valence-electron chi connectivity index (χ0n) is 12.4. The second-order valence-corrected chi connectivity index (χ2v) is 5.49. The van der Waals surface area contributed by atoms with Gasteiger partial charge >= 0.3 is 12.0 Å². The van der Waals surface area contributed by atoms with Crippen LogP contribution in [0.4, 0.5) is 10.5 Å². The number of benzene rings is 1. The Kier molecular flexibility index (Phi) is 5.46. The zero-order chi connectivity index (χ0) is 16.0. The zero-order valence-corrected chi connectivity index (χ0v) is 12.4. The van der Waals surface area contributed by atoms with Crippen LogP contribution in [0.5, 0.6) is 0 Å². The first-order valence-corrected chi connectivity index (χ1v) is 6.61. The highest BCUT2D eigenvalue weighted by Crippen LogP contribution is 2.14. The molecule has 2 amide bonds. The number of hydrogen-bond acceptors (Lipinski definition) is 3. The summed E-state index contributed by atoms with van der Waals surface area (Å²) in [7, 11) is 0. The van der Waals surface area contributed by atoms with Crippen molar-refractivity contribution in [2.45, 2.75) is 39.2 Å². The van der Waals surface area contributed by atoms with E-state index in [1.165, 1.54) is 6.92 Å². The molecule has 0 saturated carbocycles. The normalized spacial score (nSPS) is 10.8. The van der Waals surface area contributed by atoms with E-state index >= 15 is 0 Å². The molecule has 0 aliphatic heterocycles. The smallest absolute Gasteiger partial charge is 0.319 e. The number of urea groups is 1. The van der Waals surface area contributed by atoms with E-state index in [0.717, 1.165) is 0 Å². The Morgan fingerprint density at radius 2 is 1.90 bits per heavy atom. The predicted molar refractivity (Wildman–Crippen MR) is 79.5 cm³/mol. The Hall–Kier alpha value is -2.37. The van der Waals surface area contributed by atoms with Crippen LogP contribution in [-0.2, 0) is 4.79 Å². The highest BCUT2D eigenvalue weighted by Gasteiger charge is 2.21. The van der Waals surface area contributed by atoms with Crippen LogP contribution in [-0.4, -0.2) is 28.4 Å². The van der Waals surface area contributed by atoms with Crippen LogP contribution < -0.4 is 10.6 Å². The number of rotatable bonds is 6. The van der Waals surface area contributed by atoms with Gasteiger partial charge in [-0.05, 0) is 39.3 Å². The van der Waals surface area contributed by atoms with Crippen molar-refractivity contribution < 1.29 is 19.5 Å². The molecule has 0 aromatic heterocycles. The molecule has 21 heavy (non-hydrogen) atoms. The number of Topliss-reactive ketones (excluding diaryl/α,β-unsaturated/α-hetero) is 1. The number of aliphatic carboxylic acids is 1. The van der Waals surface area contributed by atoms with E-state index in [-0.39, 0.29) is 12.2 Å². The van der Waals surface area contributed by atoms with E-state index in [9.17, 15) is 14.4 Å². The molecule has 0 radical (unpaired) electrons. The summed E-state index contributed by atoms with van der Waals surface area (Å²) >= 11 is 0. The molecule has 3 N–H and O–H groups in total. The summed E-state index contributed by atoms with van der Waals surface area (Å²) in [6, 6.07) is 6.18. The van der Waals surface area contributed by atoms with E-state index in [2.05, 4.69) is 10.6 Å². The Morgan fingerprint density at radius 1 is 1.24 bits per heavy atom. The third kappa shape index (κ3) is 6.07. The van der Waals surface area contributed by atoms with Crippen molar-refractivity contribution in [1.29, 1.82) is 0 Å². The maximum atomic E-state index is 11.9. The molecule has 0 unspecified atom stereocenters. The van der Waals surface area contributed by atoms with Crippen molar-refractivity contribution in [3.05, 3.63) is 29.8 Å². The molecule has 1 aromatic carbocycles. The molecule has 0 aliphatic carbocycles. The monoisotopic (exact) mass is 292 g/mol. The van der Waals surface area contributed by atoms with Gasteiger partial charge in [0.2, 0.25) is 0 Å². The molecular weight excluding hydrogens is 272 g/mol. The Morgan fingerprint density at radius 3 is 2.48 bits per heavy atom. The third-order valence-electron chi connectivity index (χ3n) is 2.94. The van der Waals surface area contributed by atoms with Crippen LogP contribution in [0, 0.1) is 0 Å². The third-order valence-corrected chi connectivity index (χ3v) is 2.94. The predicted octanol–water partition coefficient (Wildman–Crippen LogP) is 2.65. The number of nitrogens with one attached hydrogen (secondary N) is 2. The van der Waals surface area contributed by atoms with E-state index in [4.69, 9.17) is 5.11 Å². The second-order valence-electron chi connectivity index (χ2n) is 5.49. The summed E-state index contributed by atoms with van der Waals surface area (Å²) in [5, 5.41) is 14.0. The minimum absolute atomic E-state index is 0.0207. The molecule has 0 bridgehead atoms. The molecule has 6 heteroatoms. The topological polar surface area (TPSA) is 95.5 Å². The average Bonchev–Trinajstić information content (AvgIpc) is 2.36. The number of amides is 2. The fraction of sp³-hybridized carbons (Fsp3) is 0.400. The lowest BCUT2D eigenvalue weighted by molar-refractivity contribution is -0.137. The molecular formula is C15H20N2O4. The first-order valence-electron chi connectivity index (χ1n) is 6.61. The summed E-state index contributed by atoms with van der Waals surface area (Å²) in [6.07, 6.45) is 0.302. The van der Waals surface area contributed by atoms with Crippen molar-refractivity contribution in [3.8, 4) is 0 Å². The van der Waals surface area contributed by atoms with Crippen molar-refractivity contribution >= 4 is 23.5 Å². The Balaban J connectivity index is 2.62. The Bertz CT molecular complexity index is 552. The fourth-order valence-corrected chi connectivity index (χ4v) is 1.77. The van der Waals surface area contributed by atoms with Gasteiger partial charge < -0.3 is 15.7 Å². The fourth-order valence-electron chi connectivity index (χ4n) is 1.77. The molecule has 0 aliphatic rings. The molecule has 0 saturated heterocycles. The van der Waals surface area contributed by atoms with Gasteiger partial charge in [-0.25, -0.2) is 4.79 Å². The maximum Gasteiger partial charge on any atom is 0.319 e. The summed E-state index contributed by atoms with van der Waals surface area (Å²) in [5.41, 5.74) is 0.382. The summed E-state index contributed by atoms with van der Waals surface area (Å²) in [5.74, 6) is -0.986. The molecule has 0 fully saturated rings. The summed E-state index contributed by atoms with van der Waals surface area (Å²) < 4.78 is 0. The highest BCUT2D eigenvalue weighted by molar-refractivity contribution is 5.96. The van der Waals surface area contributed by atoms with Crippen LogP contribution in [0.25, 0.3) is 0 Å². The number of ketones is 1. The first kappa shape index (κ1) is 16.7. The lowest BCUT2D eigenvalue weighted by Crippen LogP contribution is -2.45. The molecule has 0 atom stereocenters. The first-order chi connectivity index (χ1) is 9.69. The van der Waals surface area contributed by atoms with E-state index < -0.39 is 17.5 Å². The van der Waals surface area contributed by atoms with Gasteiger partial charge in [-0.15, -0.1) is 0 Å². The van der Waals surface area contributed by atoms with Gasteiger partial charge in [0, 0.05) is 23.2 Å². The van der Waals surface area contributed by atoms with Crippen molar-refractivity contribution in [1.82, 2.24) is 5.32 Å². The molecule has 1 rings (SSSR count). The lowest BCUT2D eigenvalue weighted by atomic mass is 9.99. The number of carbonyl (C=O) groups is 3. The van der Waals surface area contributed by atoms with Crippen LogP contribution in [0.3, 0.4) is 0 Å². The van der Waals surface area contributed by atoms with Crippen LogP contribution in [0.2, 0.25) is 0 Å². The van der Waals surface area contributed by atoms with Gasteiger partial charge in [0.1, 0.15) is 0 Å². The molecule has 6 nitrogen and oxygen atoms in total. The largest absolute Gasteiger partial charge is 0.481 e. The number of anilines is 1. The molecule has 114 valence electrons. The van der Waals surface area contributed by atoms with Crippen molar-refractivity contribution in [3.63, 3.8) is 0 Å². The van der Waals surface area contributed by atoms with E-state index in [1.54, 1.807) is 38.1 Å². The van der Waals surface area contributed by atoms with E-state index in [0.29, 0.717) is 17.7 Å². The number of hydrogen-bond donors (Lipinski definition) is 3. The van der Waals surface area contributed by atoms with Gasteiger partial charge in [-0.1, -0.05) is 12.1 Å². The maximum absolute atomic E-state index is 11.9. The minimum Gasteiger partial charge on any atom is -0.481 e. The van der Waals surface area contributed by atoms with Crippen molar-refractivity contribution in [2.75, 3.05) is 5.32 Å². The summed E-state index contributed by atoms with van der Waals surface area (Å²) in [4.78, 5) is 33.7. The average molecular weight is 292 g/mol. The number of carboxylic acid groups (broad SMARTS) is 1. The second kappa shape index (κ2) is 6.88. The molecule has 0 spiro atoms. The van der Waals surface area contributed by atoms with Crippen LogP contribution in [0.15, 0.2) is 24.3 Å². The minimum atomic E-state index is -0.903.